The van der Waals surface area contributed by atoms with E-state index in [9.17, 15) is 9.18 Å². The van der Waals surface area contributed by atoms with Crippen molar-refractivity contribution in [3.05, 3.63) is 65.5 Å². The first-order chi connectivity index (χ1) is 11.7. The Balaban J connectivity index is 1.89. The number of likely N-dealkylation sites (tertiary alicyclic amines) is 1. The topological polar surface area (TPSA) is 30.7 Å². The molecule has 0 amide bonds. The van der Waals surface area contributed by atoms with Crippen molar-refractivity contribution in [3.8, 4) is 5.75 Å². The van der Waals surface area contributed by atoms with Gasteiger partial charge in [-0.05, 0) is 23.8 Å². The number of Topliss-reactive ketones (excluding diaryl/α,β-unsaturated/α-hetero) is 1. The Labute approximate surface area is 142 Å². The molecule has 0 spiro atoms. The first-order valence-corrected chi connectivity index (χ1v) is 8.45. The van der Waals surface area contributed by atoms with E-state index in [2.05, 4.69) is 0 Å². The second kappa shape index (κ2) is 7.58. The third-order valence-corrected chi connectivity index (χ3v) is 4.76. The smallest absolute Gasteiger partial charge is 0.176 e. The van der Waals surface area contributed by atoms with Gasteiger partial charge in [0.1, 0.15) is 0 Å². The number of ketones is 1. The van der Waals surface area contributed by atoms with Crippen LogP contribution in [0.5, 0.6) is 5.75 Å². The molecule has 3 nitrogen and oxygen atoms in total. The minimum absolute atomic E-state index is 0.0258. The van der Waals surface area contributed by atoms with Crippen LogP contribution in [0.2, 0.25) is 0 Å². The summed E-state index contributed by atoms with van der Waals surface area (Å²) >= 11 is 0. The summed E-state index contributed by atoms with van der Waals surface area (Å²) in [5.74, 6) is -0.606. The molecule has 1 aliphatic heterocycles. The molecule has 1 fully saturated rings. The van der Waals surface area contributed by atoms with Gasteiger partial charge < -0.3 is 9.64 Å². The summed E-state index contributed by atoms with van der Waals surface area (Å²) in [6.07, 6.45) is 2.42. The van der Waals surface area contributed by atoms with E-state index in [1.807, 2.05) is 30.3 Å². The molecule has 24 heavy (non-hydrogen) atoms. The van der Waals surface area contributed by atoms with Gasteiger partial charge in [-0.1, -0.05) is 30.3 Å². The van der Waals surface area contributed by atoms with Crippen LogP contribution in [-0.2, 0) is 0 Å². The molecule has 3 rings (SSSR count). The van der Waals surface area contributed by atoms with E-state index in [4.69, 9.17) is 4.74 Å². The molecule has 1 heterocycles. The Kier molecular flexibility index (Phi) is 5.26. The predicted octanol–water partition coefficient (Wildman–Crippen LogP) is 2.48. The van der Waals surface area contributed by atoms with Crippen molar-refractivity contribution in [1.29, 1.82) is 0 Å². The lowest BCUT2D eigenvalue weighted by atomic mass is 9.90. The highest BCUT2D eigenvalue weighted by molar-refractivity contribution is 6.01. The fraction of sp³-hybridized carbons (Fsp3) is 0.350. The van der Waals surface area contributed by atoms with Crippen molar-refractivity contribution < 1.29 is 18.8 Å². The zero-order valence-corrected chi connectivity index (χ0v) is 13.9. The molecule has 4 heteroatoms. The number of nitrogens with one attached hydrogen (secondary N) is 1. The molecule has 126 valence electrons. The number of methoxy groups -OCH3 is 1. The van der Waals surface area contributed by atoms with E-state index in [0.29, 0.717) is 5.56 Å². The molecular weight excluding hydrogens is 305 g/mol. The van der Waals surface area contributed by atoms with E-state index in [1.54, 1.807) is 6.07 Å². The second-order valence-electron chi connectivity index (χ2n) is 6.34. The summed E-state index contributed by atoms with van der Waals surface area (Å²) in [6, 6.07) is 14.3. The zero-order chi connectivity index (χ0) is 16.9. The number of carbonyl (C=O) groups is 1. The van der Waals surface area contributed by atoms with Crippen molar-refractivity contribution in [1.82, 2.24) is 0 Å². The largest absolute Gasteiger partial charge is 0.494 e. The molecular formula is C20H23FNO2+. The summed E-state index contributed by atoms with van der Waals surface area (Å²) in [4.78, 5) is 14.5. The number of ether oxygens (including phenoxy) is 1. The molecule has 0 aromatic heterocycles. The van der Waals surface area contributed by atoms with Gasteiger partial charge in [0.2, 0.25) is 0 Å². The molecule has 1 atom stereocenters. The lowest BCUT2D eigenvalue weighted by Gasteiger charge is -2.21. The fourth-order valence-electron chi connectivity index (χ4n) is 3.44. The van der Waals surface area contributed by atoms with Crippen LogP contribution in [0.1, 0.15) is 34.7 Å². The summed E-state index contributed by atoms with van der Waals surface area (Å²) in [5, 5.41) is 0. The van der Waals surface area contributed by atoms with Gasteiger partial charge in [0.25, 0.3) is 0 Å². The van der Waals surface area contributed by atoms with Gasteiger partial charge in [0.15, 0.2) is 17.3 Å². The van der Waals surface area contributed by atoms with E-state index in [-0.39, 0.29) is 17.5 Å². The van der Waals surface area contributed by atoms with E-state index >= 15 is 0 Å². The molecule has 0 aliphatic carbocycles. The Hall–Kier alpha value is -2.20. The van der Waals surface area contributed by atoms with Crippen LogP contribution in [0.3, 0.4) is 0 Å². The van der Waals surface area contributed by atoms with Gasteiger partial charge in [-0.3, -0.25) is 4.79 Å². The van der Waals surface area contributed by atoms with Gasteiger partial charge in [-0.2, -0.15) is 0 Å². The molecule has 1 aliphatic rings. The summed E-state index contributed by atoms with van der Waals surface area (Å²) < 4.78 is 18.9. The summed E-state index contributed by atoms with van der Waals surface area (Å²) in [7, 11) is 1.42. The van der Waals surface area contributed by atoms with Crippen molar-refractivity contribution in [2.75, 3.05) is 26.7 Å². The predicted molar refractivity (Wildman–Crippen MR) is 91.3 cm³/mol. The summed E-state index contributed by atoms with van der Waals surface area (Å²) in [5.41, 5.74) is 1.40. The third kappa shape index (κ3) is 3.65. The normalized spacial score (nSPS) is 16.1. The molecule has 2 aromatic rings. The number of hydrogen-bond donors (Lipinski definition) is 1. The van der Waals surface area contributed by atoms with Gasteiger partial charge in [0, 0.05) is 18.4 Å². The number of rotatable bonds is 6. The minimum Gasteiger partial charge on any atom is -0.494 e. The highest BCUT2D eigenvalue weighted by atomic mass is 19.1. The molecule has 2 aromatic carbocycles. The van der Waals surface area contributed by atoms with Crippen LogP contribution in [0.4, 0.5) is 4.39 Å². The number of quaternary nitrogens is 1. The van der Waals surface area contributed by atoms with E-state index in [0.717, 1.165) is 25.2 Å². The molecule has 1 N–H and O–H groups in total. The summed E-state index contributed by atoms with van der Waals surface area (Å²) in [6.45, 7) is 2.97. The molecule has 0 saturated carbocycles. The third-order valence-electron chi connectivity index (χ3n) is 4.76. The number of carbonyl (C=O) groups excluding carboxylic acids is 1. The Bertz CT molecular complexity index is 696. The Morgan fingerprint density at radius 2 is 1.88 bits per heavy atom. The minimum atomic E-state index is -0.497. The van der Waals surface area contributed by atoms with Crippen LogP contribution >= 0.6 is 0 Å². The van der Waals surface area contributed by atoms with Crippen molar-refractivity contribution in [3.63, 3.8) is 0 Å². The number of halogens is 1. The van der Waals surface area contributed by atoms with Crippen molar-refractivity contribution in [2.24, 2.45) is 0 Å². The van der Waals surface area contributed by atoms with Crippen LogP contribution in [0, 0.1) is 5.82 Å². The zero-order valence-electron chi connectivity index (χ0n) is 13.9. The van der Waals surface area contributed by atoms with Crippen LogP contribution in [-0.4, -0.2) is 32.5 Å². The number of hydrogen-bond acceptors (Lipinski definition) is 2. The van der Waals surface area contributed by atoms with Gasteiger partial charge >= 0.3 is 0 Å². The standard InChI is InChI=1S/C20H22FNO2/c1-24-19-10-9-16(13-18(19)21)20(23)17(14-22-11-5-6-12-22)15-7-3-2-4-8-15/h2-4,7-10,13,17H,5-6,11-12,14H2,1H3/p+1. The van der Waals surface area contributed by atoms with Gasteiger partial charge in [-0.15, -0.1) is 0 Å². The maximum absolute atomic E-state index is 14.0. The van der Waals surface area contributed by atoms with E-state index in [1.165, 1.54) is 37.0 Å². The van der Waals surface area contributed by atoms with Crippen LogP contribution in [0.25, 0.3) is 0 Å². The molecule has 1 unspecified atom stereocenters. The second-order valence-corrected chi connectivity index (χ2v) is 6.34. The average Bonchev–Trinajstić information content (AvgIpc) is 3.13. The molecule has 1 saturated heterocycles. The Morgan fingerprint density at radius 3 is 2.50 bits per heavy atom. The first kappa shape index (κ1) is 16.7. The monoisotopic (exact) mass is 328 g/mol. The quantitative estimate of drug-likeness (QED) is 0.826. The van der Waals surface area contributed by atoms with E-state index < -0.39 is 5.82 Å². The fourth-order valence-corrected chi connectivity index (χ4v) is 3.44. The lowest BCUT2D eigenvalue weighted by Crippen LogP contribution is -3.10. The maximum Gasteiger partial charge on any atom is 0.176 e. The Morgan fingerprint density at radius 1 is 1.17 bits per heavy atom. The SMILES string of the molecule is COc1ccc(C(=O)C(C[NH+]2CCCC2)c2ccccc2)cc1F. The maximum atomic E-state index is 14.0. The average molecular weight is 328 g/mol. The highest BCUT2D eigenvalue weighted by Crippen LogP contribution is 2.24. The molecule has 0 bridgehead atoms. The first-order valence-electron chi connectivity index (χ1n) is 8.45. The van der Waals surface area contributed by atoms with Crippen LogP contribution < -0.4 is 9.64 Å². The van der Waals surface area contributed by atoms with Gasteiger partial charge in [-0.25, -0.2) is 4.39 Å². The van der Waals surface area contributed by atoms with Crippen LogP contribution in [0.15, 0.2) is 48.5 Å². The van der Waals surface area contributed by atoms with Crippen molar-refractivity contribution in [2.45, 2.75) is 18.8 Å². The highest BCUT2D eigenvalue weighted by Gasteiger charge is 2.29. The molecule has 0 radical (unpaired) electrons. The lowest BCUT2D eigenvalue weighted by molar-refractivity contribution is -0.887. The number of benzene rings is 2. The van der Waals surface area contributed by atoms with Crippen molar-refractivity contribution >= 4 is 5.78 Å². The van der Waals surface area contributed by atoms with Gasteiger partial charge in [0.05, 0.1) is 32.7 Å².